The van der Waals surface area contributed by atoms with E-state index in [0.29, 0.717) is 0 Å². The molecule has 0 N–H and O–H groups in total. The first-order valence-corrected chi connectivity index (χ1v) is 0. The van der Waals surface area contributed by atoms with Crippen LogP contribution in [-0.4, -0.2) is 41.3 Å². The first-order valence-electron chi connectivity index (χ1n) is 0. The van der Waals surface area contributed by atoms with Gasteiger partial charge in [-0.2, -0.15) is 0 Å². The molecule has 0 saturated heterocycles. The van der Waals surface area contributed by atoms with Crippen molar-refractivity contribution >= 4 is 41.3 Å². The van der Waals surface area contributed by atoms with Crippen molar-refractivity contribution in [1.82, 2.24) is 0 Å². The molecule has 0 bridgehead atoms. The molecule has 0 amide bonds. The molecule has 4 heavy (non-hydrogen) atoms. The Labute approximate surface area is 74.0 Å². The molecule has 0 aromatic rings. The second kappa shape index (κ2) is 18.4. The molecule has 0 heterocycles. The molecule has 0 aromatic heterocycles. The van der Waals surface area contributed by atoms with Gasteiger partial charge in [-0.1, -0.05) is 0 Å². The number of rotatable bonds is 0. The summed E-state index contributed by atoms with van der Waals surface area (Å²) in [4.78, 5) is 0. The summed E-state index contributed by atoms with van der Waals surface area (Å²) in [6.07, 6.45) is 0. The van der Waals surface area contributed by atoms with E-state index < -0.39 is 0 Å². The van der Waals surface area contributed by atoms with Crippen molar-refractivity contribution in [3.05, 3.63) is 0 Å². The minimum atomic E-state index is 0. The molecule has 0 aromatic carbocycles. The van der Waals surface area contributed by atoms with Crippen LogP contribution in [0.1, 0.15) is 0 Å². The SMILES string of the molecule is [AlH3].[Mn].[Ni].[SnH4]. The zero-order valence-corrected chi connectivity index (χ0v) is 2.86. The Morgan fingerprint density at radius 1 is 1.00 bits per heavy atom. The summed E-state index contributed by atoms with van der Waals surface area (Å²) in [6.45, 7) is 0. The molecule has 0 rings (SSSR count). The van der Waals surface area contributed by atoms with Crippen molar-refractivity contribution in [2.45, 2.75) is 0 Å². The fourth-order valence-electron chi connectivity index (χ4n) is 0. The quantitative estimate of drug-likeness (QED) is 0.421. The van der Waals surface area contributed by atoms with E-state index in [1.807, 2.05) is 0 Å². The van der Waals surface area contributed by atoms with Gasteiger partial charge in [-0.25, -0.2) is 0 Å². The van der Waals surface area contributed by atoms with Crippen LogP contribution in [0.25, 0.3) is 0 Å². The van der Waals surface area contributed by atoms with Crippen molar-refractivity contribution < 1.29 is 33.6 Å². The van der Waals surface area contributed by atoms with E-state index >= 15 is 0 Å². The van der Waals surface area contributed by atoms with E-state index in [0.717, 1.165) is 0 Å². The minimum absolute atomic E-state index is 0. The molecule has 0 aliphatic rings. The van der Waals surface area contributed by atoms with Gasteiger partial charge in [-0.05, 0) is 0 Å². The van der Waals surface area contributed by atoms with Gasteiger partial charge in [-0.3, -0.25) is 0 Å². The van der Waals surface area contributed by atoms with Crippen LogP contribution in [0, 0.1) is 0 Å². The van der Waals surface area contributed by atoms with Crippen LogP contribution in [-0.2, 0) is 33.6 Å². The van der Waals surface area contributed by atoms with Crippen LogP contribution in [0.3, 0.4) is 0 Å². The topological polar surface area (TPSA) is 0 Å². The second-order valence-electron chi connectivity index (χ2n) is 0. The third kappa shape index (κ3) is 8.84. The maximum absolute atomic E-state index is 0. The van der Waals surface area contributed by atoms with Crippen molar-refractivity contribution in [3.8, 4) is 0 Å². The Morgan fingerprint density at radius 3 is 1.00 bits per heavy atom. The van der Waals surface area contributed by atoms with Crippen LogP contribution >= 0.6 is 0 Å². The fourth-order valence-corrected chi connectivity index (χ4v) is 0. The predicted molar refractivity (Wildman–Crippen MR) is 21.3 cm³/mol. The third-order valence-corrected chi connectivity index (χ3v) is 0. The third-order valence-electron chi connectivity index (χ3n) is 0. The maximum atomic E-state index is 0. The molecule has 0 spiro atoms. The summed E-state index contributed by atoms with van der Waals surface area (Å²) < 4.78 is 0. The van der Waals surface area contributed by atoms with Crippen LogP contribution in [0.4, 0.5) is 0 Å². The zero-order valence-electron chi connectivity index (χ0n) is 0.694. The van der Waals surface area contributed by atoms with Gasteiger partial charge in [0.15, 0.2) is 17.4 Å². The zero-order chi connectivity index (χ0) is 0. The summed E-state index contributed by atoms with van der Waals surface area (Å²) in [5, 5.41) is 0. The van der Waals surface area contributed by atoms with E-state index in [1.54, 1.807) is 0 Å². The molecule has 0 fully saturated rings. The van der Waals surface area contributed by atoms with Crippen LogP contribution < -0.4 is 0 Å². The molecule has 1 radical (unpaired) electrons. The summed E-state index contributed by atoms with van der Waals surface area (Å²) in [5.74, 6) is 0. The van der Waals surface area contributed by atoms with Gasteiger partial charge < -0.3 is 0 Å². The fraction of sp³-hybridized carbons (Fsp3) is 0. The number of hydrogen-bond donors (Lipinski definition) is 0. The second-order valence-corrected chi connectivity index (χ2v) is 0. The summed E-state index contributed by atoms with van der Waals surface area (Å²) >= 11 is 0. The normalized spacial score (nSPS) is 0. The standard InChI is InChI=1S/Al.Mn.Ni.Sn.7H. The van der Waals surface area contributed by atoms with Gasteiger partial charge in [0, 0.05) is 33.6 Å². The van der Waals surface area contributed by atoms with E-state index in [1.165, 1.54) is 0 Å². The summed E-state index contributed by atoms with van der Waals surface area (Å²) in [5.41, 5.74) is 0. The van der Waals surface area contributed by atoms with Gasteiger partial charge in [0.25, 0.3) is 0 Å². The monoisotopic (exact) mass is 267 g/mol. The van der Waals surface area contributed by atoms with Crippen molar-refractivity contribution in [2.75, 3.05) is 0 Å². The van der Waals surface area contributed by atoms with Crippen LogP contribution in [0.2, 0.25) is 0 Å². The van der Waals surface area contributed by atoms with Gasteiger partial charge in [0.05, 0.1) is 0 Å². The Kier molecular flexibility index (Phi) is 151. The molecule has 0 atom stereocenters. The first kappa shape index (κ1) is 33.0. The molecule has 0 aliphatic heterocycles. The van der Waals surface area contributed by atoms with E-state index in [-0.39, 0.29) is 74.8 Å². The number of hydrogen-bond acceptors (Lipinski definition) is 0. The Bertz CT molecular complexity index is 8.00. The molecular weight excluding hydrogens is 259 g/mol. The first-order chi connectivity index (χ1) is 0. The Balaban J connectivity index is 0. The van der Waals surface area contributed by atoms with Crippen molar-refractivity contribution in [1.29, 1.82) is 0 Å². The van der Waals surface area contributed by atoms with Gasteiger partial charge >= 0.3 is 23.9 Å². The van der Waals surface area contributed by atoms with Crippen molar-refractivity contribution in [2.24, 2.45) is 0 Å². The average Bonchev–Trinajstić information content (AvgIpc) is 0. The Hall–Kier alpha value is 2.34. The van der Waals surface area contributed by atoms with Crippen LogP contribution in [0.15, 0.2) is 0 Å². The van der Waals surface area contributed by atoms with Gasteiger partial charge in [-0.15, -0.1) is 0 Å². The van der Waals surface area contributed by atoms with E-state index in [9.17, 15) is 0 Å². The molecular formula is H7AlMnNiSn. The van der Waals surface area contributed by atoms with Gasteiger partial charge in [0.2, 0.25) is 0 Å². The molecule has 31 valence electrons. The molecule has 0 aliphatic carbocycles. The van der Waals surface area contributed by atoms with Crippen LogP contribution in [0.5, 0.6) is 0 Å². The van der Waals surface area contributed by atoms with Gasteiger partial charge in [0.1, 0.15) is 0 Å². The molecule has 4 heteroatoms. The predicted octanol–water partition coefficient (Wildman–Crippen LogP) is -2.64. The molecule has 0 unspecified atom stereocenters. The van der Waals surface area contributed by atoms with E-state index in [2.05, 4.69) is 0 Å². The summed E-state index contributed by atoms with van der Waals surface area (Å²) in [7, 11) is 0. The molecule has 0 saturated carbocycles. The van der Waals surface area contributed by atoms with E-state index in [4.69, 9.17) is 0 Å². The average molecular weight is 266 g/mol. The van der Waals surface area contributed by atoms with Crippen molar-refractivity contribution in [3.63, 3.8) is 0 Å². The Morgan fingerprint density at radius 2 is 1.00 bits per heavy atom. The summed E-state index contributed by atoms with van der Waals surface area (Å²) in [6, 6.07) is 0. The molecule has 0 nitrogen and oxygen atoms in total.